The quantitative estimate of drug-likeness (QED) is 0.632. The molecular formula is C11H16N4OS. The minimum absolute atomic E-state index is 0.0852. The van der Waals surface area contributed by atoms with Crippen LogP contribution in [0.4, 0.5) is 0 Å². The third-order valence-corrected chi connectivity index (χ3v) is 3.38. The molecule has 1 saturated heterocycles. The van der Waals surface area contributed by atoms with E-state index >= 15 is 0 Å². The van der Waals surface area contributed by atoms with Gasteiger partial charge in [0.05, 0.1) is 5.56 Å². The predicted octanol–water partition coefficient (Wildman–Crippen LogP) is 0.632. The number of hydrogen-bond acceptors (Lipinski definition) is 5. The molecule has 1 amide bonds. The third-order valence-electron chi connectivity index (χ3n) is 2.80. The van der Waals surface area contributed by atoms with Crippen LogP contribution in [0, 0.1) is 0 Å². The van der Waals surface area contributed by atoms with Crippen LogP contribution >= 0.6 is 11.8 Å². The Balaban J connectivity index is 1.94. The zero-order chi connectivity index (χ0) is 12.3. The Morgan fingerprint density at radius 2 is 2.24 bits per heavy atom. The Kier molecular flexibility index (Phi) is 3.96. The molecule has 92 valence electrons. The molecule has 1 aliphatic rings. The van der Waals surface area contributed by atoms with E-state index in [1.165, 1.54) is 11.8 Å². The van der Waals surface area contributed by atoms with Crippen molar-refractivity contribution in [3.63, 3.8) is 0 Å². The van der Waals surface area contributed by atoms with Gasteiger partial charge >= 0.3 is 0 Å². The van der Waals surface area contributed by atoms with Gasteiger partial charge in [0.1, 0.15) is 0 Å². The fourth-order valence-corrected chi connectivity index (χ4v) is 2.18. The van der Waals surface area contributed by atoms with Crippen molar-refractivity contribution in [1.29, 1.82) is 0 Å². The Morgan fingerprint density at radius 1 is 1.53 bits per heavy atom. The first-order chi connectivity index (χ1) is 8.19. The van der Waals surface area contributed by atoms with Gasteiger partial charge in [-0.2, -0.15) is 0 Å². The molecular weight excluding hydrogens is 236 g/mol. The number of aromatic nitrogens is 2. The molecule has 0 saturated carbocycles. The van der Waals surface area contributed by atoms with Crippen LogP contribution < -0.4 is 5.32 Å². The maximum atomic E-state index is 11.9. The molecule has 1 atom stereocenters. The van der Waals surface area contributed by atoms with Crippen LogP contribution in [-0.2, 0) is 0 Å². The van der Waals surface area contributed by atoms with Crippen molar-refractivity contribution in [2.75, 3.05) is 26.4 Å². The second-order valence-electron chi connectivity index (χ2n) is 4.18. The van der Waals surface area contributed by atoms with E-state index in [1.807, 2.05) is 6.26 Å². The molecule has 17 heavy (non-hydrogen) atoms. The van der Waals surface area contributed by atoms with Crippen molar-refractivity contribution >= 4 is 17.7 Å². The second-order valence-corrected chi connectivity index (χ2v) is 4.95. The fourth-order valence-electron chi connectivity index (χ4n) is 1.86. The van der Waals surface area contributed by atoms with Crippen molar-refractivity contribution < 1.29 is 4.79 Å². The summed E-state index contributed by atoms with van der Waals surface area (Å²) in [5.74, 6) is -0.0852. The number of likely N-dealkylation sites (N-methyl/N-ethyl adjacent to an activating group) is 1. The summed E-state index contributed by atoms with van der Waals surface area (Å²) in [6.07, 6.45) is 6.06. The summed E-state index contributed by atoms with van der Waals surface area (Å²) in [6.45, 7) is 1.95. The largest absolute Gasteiger partial charge is 0.348 e. The summed E-state index contributed by atoms with van der Waals surface area (Å²) in [7, 11) is 2.06. The molecule has 0 unspecified atom stereocenters. The number of nitrogens with one attached hydrogen (secondary N) is 1. The van der Waals surface area contributed by atoms with Gasteiger partial charge in [-0.05, 0) is 26.3 Å². The van der Waals surface area contributed by atoms with Gasteiger partial charge in [0, 0.05) is 25.0 Å². The number of amides is 1. The second kappa shape index (κ2) is 5.46. The Labute approximate surface area is 105 Å². The molecule has 6 heteroatoms. The van der Waals surface area contributed by atoms with E-state index in [-0.39, 0.29) is 11.9 Å². The summed E-state index contributed by atoms with van der Waals surface area (Å²) < 4.78 is 0. The van der Waals surface area contributed by atoms with Crippen LogP contribution in [0.3, 0.4) is 0 Å². The van der Waals surface area contributed by atoms with Crippen LogP contribution in [-0.4, -0.2) is 53.2 Å². The first kappa shape index (κ1) is 12.3. The summed E-state index contributed by atoms with van der Waals surface area (Å²) in [4.78, 5) is 22.3. The van der Waals surface area contributed by atoms with Crippen LogP contribution in [0.2, 0.25) is 0 Å². The van der Waals surface area contributed by atoms with E-state index in [2.05, 4.69) is 27.2 Å². The van der Waals surface area contributed by atoms with Gasteiger partial charge in [-0.3, -0.25) is 4.79 Å². The fraction of sp³-hybridized carbons (Fsp3) is 0.545. The first-order valence-corrected chi connectivity index (χ1v) is 6.77. The Bertz CT molecular complexity index is 395. The average Bonchev–Trinajstić information content (AvgIpc) is 2.75. The highest BCUT2D eigenvalue weighted by Crippen LogP contribution is 2.09. The van der Waals surface area contributed by atoms with E-state index in [9.17, 15) is 4.79 Å². The lowest BCUT2D eigenvalue weighted by Gasteiger charge is -2.12. The zero-order valence-corrected chi connectivity index (χ0v) is 10.8. The Hall–Kier alpha value is -1.14. The van der Waals surface area contributed by atoms with E-state index in [4.69, 9.17) is 0 Å². The van der Waals surface area contributed by atoms with Gasteiger partial charge in [0.25, 0.3) is 5.91 Å². The standard InChI is InChI=1S/C11H16N4OS/c1-15-4-3-9(7-15)14-10(16)8-5-12-11(17-2)13-6-8/h5-6,9H,3-4,7H2,1-2H3,(H,14,16)/t9-/m1/s1. The molecule has 2 heterocycles. The summed E-state index contributed by atoms with van der Waals surface area (Å²) in [5.41, 5.74) is 0.525. The SMILES string of the molecule is CSc1ncc(C(=O)N[C@@H]2CCN(C)C2)cn1. The number of nitrogens with zero attached hydrogens (tertiary/aromatic N) is 3. The van der Waals surface area contributed by atoms with E-state index in [0.29, 0.717) is 10.7 Å². The number of thioether (sulfide) groups is 1. The zero-order valence-electron chi connectivity index (χ0n) is 10.0. The molecule has 0 radical (unpaired) electrons. The minimum Gasteiger partial charge on any atom is -0.348 e. The molecule has 0 bridgehead atoms. The normalized spacial score (nSPS) is 20.5. The topological polar surface area (TPSA) is 58.1 Å². The number of carbonyl (C=O) groups excluding carboxylic acids is 1. The lowest BCUT2D eigenvalue weighted by atomic mass is 10.2. The molecule has 1 aliphatic heterocycles. The van der Waals surface area contributed by atoms with E-state index in [1.54, 1.807) is 12.4 Å². The summed E-state index contributed by atoms with van der Waals surface area (Å²) in [6, 6.07) is 0.243. The van der Waals surface area contributed by atoms with Gasteiger partial charge in [-0.15, -0.1) is 0 Å². The van der Waals surface area contributed by atoms with Crippen LogP contribution in [0.25, 0.3) is 0 Å². The number of hydrogen-bond donors (Lipinski definition) is 1. The molecule has 0 spiro atoms. The lowest BCUT2D eigenvalue weighted by Crippen LogP contribution is -2.36. The van der Waals surface area contributed by atoms with Gasteiger partial charge in [-0.1, -0.05) is 11.8 Å². The monoisotopic (exact) mass is 252 g/mol. The summed E-state index contributed by atoms with van der Waals surface area (Å²) >= 11 is 1.46. The van der Waals surface area contributed by atoms with Gasteiger partial charge in [-0.25, -0.2) is 9.97 Å². The molecule has 0 aromatic carbocycles. The van der Waals surface area contributed by atoms with Crippen LogP contribution in [0.15, 0.2) is 17.6 Å². The highest BCUT2D eigenvalue weighted by molar-refractivity contribution is 7.98. The van der Waals surface area contributed by atoms with Crippen molar-refractivity contribution in [3.8, 4) is 0 Å². The lowest BCUT2D eigenvalue weighted by molar-refractivity contribution is 0.0937. The van der Waals surface area contributed by atoms with Crippen LogP contribution in [0.1, 0.15) is 16.8 Å². The third kappa shape index (κ3) is 3.17. The molecule has 0 aliphatic carbocycles. The molecule has 1 N–H and O–H groups in total. The number of likely N-dealkylation sites (tertiary alicyclic amines) is 1. The smallest absolute Gasteiger partial charge is 0.254 e. The van der Waals surface area contributed by atoms with Gasteiger partial charge < -0.3 is 10.2 Å². The molecule has 1 aromatic heterocycles. The number of rotatable bonds is 3. The molecule has 1 fully saturated rings. The maximum Gasteiger partial charge on any atom is 0.254 e. The molecule has 2 rings (SSSR count). The van der Waals surface area contributed by atoms with Crippen molar-refractivity contribution in [1.82, 2.24) is 20.2 Å². The highest BCUT2D eigenvalue weighted by atomic mass is 32.2. The maximum absolute atomic E-state index is 11.9. The predicted molar refractivity (Wildman–Crippen MR) is 67.2 cm³/mol. The highest BCUT2D eigenvalue weighted by Gasteiger charge is 2.21. The Morgan fingerprint density at radius 3 is 2.76 bits per heavy atom. The van der Waals surface area contributed by atoms with Crippen molar-refractivity contribution in [2.45, 2.75) is 17.6 Å². The summed E-state index contributed by atoms with van der Waals surface area (Å²) in [5, 5.41) is 3.68. The average molecular weight is 252 g/mol. The minimum atomic E-state index is -0.0852. The number of carbonyl (C=O) groups is 1. The first-order valence-electron chi connectivity index (χ1n) is 5.54. The van der Waals surface area contributed by atoms with E-state index in [0.717, 1.165) is 19.5 Å². The van der Waals surface area contributed by atoms with Crippen molar-refractivity contribution in [3.05, 3.63) is 18.0 Å². The molecule has 1 aromatic rings. The van der Waals surface area contributed by atoms with E-state index < -0.39 is 0 Å². The van der Waals surface area contributed by atoms with Gasteiger partial charge in [0.15, 0.2) is 5.16 Å². The molecule has 5 nitrogen and oxygen atoms in total. The van der Waals surface area contributed by atoms with Crippen LogP contribution in [0.5, 0.6) is 0 Å². The van der Waals surface area contributed by atoms with Crippen molar-refractivity contribution in [2.24, 2.45) is 0 Å². The van der Waals surface area contributed by atoms with Gasteiger partial charge in [0.2, 0.25) is 0 Å².